The van der Waals surface area contributed by atoms with Crippen LogP contribution in [0.25, 0.3) is 10.8 Å². The Morgan fingerprint density at radius 1 is 0.782 bits per heavy atom. The third kappa shape index (κ3) is 11.2. The molecule has 5 aromatic carbocycles. The first-order chi connectivity index (χ1) is 26.7. The Morgan fingerprint density at radius 2 is 1.44 bits per heavy atom. The van der Waals surface area contributed by atoms with Crippen LogP contribution in [0.2, 0.25) is 0 Å². The van der Waals surface area contributed by atoms with Crippen LogP contribution in [0, 0.1) is 0 Å². The lowest BCUT2D eigenvalue weighted by Gasteiger charge is -2.39. The van der Waals surface area contributed by atoms with E-state index in [0.717, 1.165) is 54.5 Å². The van der Waals surface area contributed by atoms with Crippen LogP contribution in [-0.4, -0.2) is 41.5 Å². The third-order valence-electron chi connectivity index (χ3n) is 10.6. The summed E-state index contributed by atoms with van der Waals surface area (Å²) >= 11 is 0. The average Bonchev–Trinajstić information content (AvgIpc) is 3.21. The predicted molar refractivity (Wildman–Crippen MR) is 219 cm³/mol. The van der Waals surface area contributed by atoms with Gasteiger partial charge in [-0.15, -0.1) is 0 Å². The average molecular weight is 743 g/mol. The van der Waals surface area contributed by atoms with Crippen LogP contribution >= 0.6 is 0 Å². The largest absolute Gasteiger partial charge is 0.397 e. The number of hydrogen-bond acceptors (Lipinski definition) is 7. The van der Waals surface area contributed by atoms with Gasteiger partial charge < -0.3 is 30.9 Å². The number of carbonyl (C=O) groups excluding carboxylic acids is 2. The highest BCUT2D eigenvalue weighted by molar-refractivity contribution is 5.93. The molecule has 4 unspecified atom stereocenters. The van der Waals surface area contributed by atoms with E-state index < -0.39 is 6.29 Å². The Bertz CT molecular complexity index is 2000. The standard InChI is InChI=1S/C46H54N4O5/c1-32(38-26-25-35-11-7-8-12-39(35)27-38)50(2)30-40-28-43(36-21-19-34(31-51)20-22-36)55-46(54-40)37-23-17-33(18-24-37)29-48-44(52)15-5-3-4-6-16-45(53)49-42-14-10-9-13-41(42)47/h7-14,17-27,32,40,43,46,51H,3-6,15-16,28-31,47H2,1-2H3,(H,48,52)(H,49,53). The Hall–Kier alpha value is -5.06. The van der Waals surface area contributed by atoms with Gasteiger partial charge in [0.25, 0.3) is 0 Å². The number of anilines is 2. The number of benzene rings is 5. The number of nitrogens with two attached hydrogens (primary N) is 1. The number of rotatable bonds is 17. The molecule has 4 atom stereocenters. The normalized spacial score (nSPS) is 17.6. The molecule has 1 aliphatic heterocycles. The van der Waals surface area contributed by atoms with Gasteiger partial charge >= 0.3 is 0 Å². The Balaban J connectivity index is 0.987. The first-order valence-corrected chi connectivity index (χ1v) is 19.4. The molecular weight excluding hydrogens is 689 g/mol. The summed E-state index contributed by atoms with van der Waals surface area (Å²) < 4.78 is 13.2. The molecule has 1 saturated heterocycles. The number of fused-ring (bicyclic) bond motifs is 1. The molecule has 288 valence electrons. The molecule has 1 aliphatic rings. The molecule has 2 amide bonds. The molecule has 9 heteroatoms. The summed E-state index contributed by atoms with van der Waals surface area (Å²) in [6.45, 7) is 3.40. The molecule has 5 N–H and O–H groups in total. The van der Waals surface area contributed by atoms with Gasteiger partial charge in [-0.2, -0.15) is 0 Å². The minimum absolute atomic E-state index is 0.00157. The summed E-state index contributed by atoms with van der Waals surface area (Å²) in [7, 11) is 2.15. The van der Waals surface area contributed by atoms with Gasteiger partial charge in [0.15, 0.2) is 6.29 Å². The van der Waals surface area contributed by atoms with Crippen molar-refractivity contribution in [3.8, 4) is 0 Å². The van der Waals surface area contributed by atoms with E-state index >= 15 is 0 Å². The number of nitrogens with one attached hydrogen (secondary N) is 2. The second kappa shape index (κ2) is 19.5. The van der Waals surface area contributed by atoms with E-state index in [1.807, 2.05) is 60.7 Å². The topological polar surface area (TPSA) is 126 Å². The zero-order valence-electron chi connectivity index (χ0n) is 32.0. The van der Waals surface area contributed by atoms with Crippen LogP contribution in [0.4, 0.5) is 11.4 Å². The minimum atomic E-state index is -0.558. The van der Waals surface area contributed by atoms with E-state index in [1.54, 1.807) is 12.1 Å². The molecule has 1 fully saturated rings. The molecule has 1 heterocycles. The fourth-order valence-electron chi connectivity index (χ4n) is 7.06. The molecule has 0 aliphatic carbocycles. The van der Waals surface area contributed by atoms with Crippen molar-refractivity contribution in [3.63, 3.8) is 0 Å². The van der Waals surface area contributed by atoms with Gasteiger partial charge in [0, 0.05) is 44.0 Å². The fourth-order valence-corrected chi connectivity index (χ4v) is 7.06. The quantitative estimate of drug-likeness (QED) is 0.0555. The number of carbonyl (C=O) groups is 2. The molecule has 55 heavy (non-hydrogen) atoms. The summed E-state index contributed by atoms with van der Waals surface area (Å²) in [5.41, 5.74) is 12.2. The number of unbranched alkanes of at least 4 members (excludes halogenated alkanes) is 3. The van der Waals surface area contributed by atoms with Crippen LogP contribution in [0.5, 0.6) is 0 Å². The van der Waals surface area contributed by atoms with Crippen molar-refractivity contribution < 1.29 is 24.2 Å². The lowest BCUT2D eigenvalue weighted by atomic mass is 9.98. The van der Waals surface area contributed by atoms with Gasteiger partial charge in [-0.3, -0.25) is 14.5 Å². The molecule has 6 rings (SSSR count). The van der Waals surface area contributed by atoms with E-state index in [9.17, 15) is 14.7 Å². The lowest BCUT2D eigenvalue weighted by molar-refractivity contribution is -0.253. The summed E-state index contributed by atoms with van der Waals surface area (Å²) in [6, 6.07) is 38.5. The van der Waals surface area contributed by atoms with Gasteiger partial charge in [-0.25, -0.2) is 0 Å². The summed E-state index contributed by atoms with van der Waals surface area (Å²) in [4.78, 5) is 27.2. The SMILES string of the molecule is CC(c1ccc2ccccc2c1)N(C)CC1CC(c2ccc(CO)cc2)OC(c2ccc(CNC(=O)CCCCCCC(=O)Nc3ccccc3N)cc2)O1. The fraction of sp³-hybridized carbons (Fsp3) is 0.348. The van der Waals surface area contributed by atoms with E-state index in [-0.39, 0.29) is 36.7 Å². The van der Waals surface area contributed by atoms with Crippen molar-refractivity contribution in [1.29, 1.82) is 0 Å². The number of likely N-dealkylation sites (N-methyl/N-ethyl adjacent to an activating group) is 1. The second-order valence-corrected chi connectivity index (χ2v) is 14.6. The lowest BCUT2D eigenvalue weighted by Crippen LogP contribution is -2.38. The van der Waals surface area contributed by atoms with Crippen molar-refractivity contribution in [2.75, 3.05) is 24.6 Å². The molecule has 5 aromatic rings. The number of ether oxygens (including phenoxy) is 2. The Kier molecular flexibility index (Phi) is 14.1. The number of nitrogens with zero attached hydrogens (tertiary/aromatic N) is 1. The molecule has 0 bridgehead atoms. The van der Waals surface area contributed by atoms with Crippen molar-refractivity contribution in [3.05, 3.63) is 143 Å². The van der Waals surface area contributed by atoms with Crippen molar-refractivity contribution in [2.45, 2.75) is 89.6 Å². The maximum Gasteiger partial charge on any atom is 0.224 e. The van der Waals surface area contributed by atoms with E-state index in [2.05, 4.69) is 72.0 Å². The predicted octanol–water partition coefficient (Wildman–Crippen LogP) is 8.75. The number of para-hydroxylation sites is 2. The van der Waals surface area contributed by atoms with Crippen LogP contribution in [0.3, 0.4) is 0 Å². The van der Waals surface area contributed by atoms with E-state index in [4.69, 9.17) is 15.2 Å². The number of aliphatic hydroxyl groups excluding tert-OH is 1. The highest BCUT2D eigenvalue weighted by Crippen LogP contribution is 2.39. The number of hydrogen-bond donors (Lipinski definition) is 4. The van der Waals surface area contributed by atoms with Crippen LogP contribution < -0.4 is 16.4 Å². The minimum Gasteiger partial charge on any atom is -0.397 e. The zero-order valence-corrected chi connectivity index (χ0v) is 32.0. The van der Waals surface area contributed by atoms with E-state index in [0.29, 0.717) is 37.2 Å². The monoisotopic (exact) mass is 742 g/mol. The first kappa shape index (κ1) is 39.6. The van der Waals surface area contributed by atoms with Crippen LogP contribution in [-0.2, 0) is 32.2 Å². The molecule has 0 radical (unpaired) electrons. The van der Waals surface area contributed by atoms with Crippen molar-refractivity contribution in [2.24, 2.45) is 0 Å². The van der Waals surface area contributed by atoms with Crippen molar-refractivity contribution >= 4 is 34.0 Å². The summed E-state index contributed by atoms with van der Waals surface area (Å²) in [5.74, 6) is -0.0354. The first-order valence-electron chi connectivity index (χ1n) is 19.4. The zero-order chi connectivity index (χ0) is 38.6. The smallest absolute Gasteiger partial charge is 0.224 e. The summed E-state index contributed by atoms with van der Waals surface area (Å²) in [6.07, 6.45) is 4.06. The molecule has 9 nitrogen and oxygen atoms in total. The highest BCUT2D eigenvalue weighted by atomic mass is 16.7. The van der Waals surface area contributed by atoms with Gasteiger partial charge in [0.1, 0.15) is 0 Å². The maximum absolute atomic E-state index is 12.6. The van der Waals surface area contributed by atoms with Crippen molar-refractivity contribution in [1.82, 2.24) is 10.2 Å². The molecule has 0 aromatic heterocycles. The van der Waals surface area contributed by atoms with Crippen LogP contribution in [0.15, 0.2) is 115 Å². The number of amides is 2. The Morgan fingerprint density at radius 3 is 2.16 bits per heavy atom. The summed E-state index contributed by atoms with van der Waals surface area (Å²) in [5, 5.41) is 18.0. The highest BCUT2D eigenvalue weighted by Gasteiger charge is 2.33. The number of nitrogen functional groups attached to an aromatic ring is 1. The molecular formula is C46H54N4O5. The van der Waals surface area contributed by atoms with Gasteiger partial charge in [-0.05, 0) is 78.0 Å². The van der Waals surface area contributed by atoms with Crippen LogP contribution in [0.1, 0.15) is 98.1 Å². The Labute approximate surface area is 324 Å². The molecule has 0 saturated carbocycles. The molecule has 0 spiro atoms. The van der Waals surface area contributed by atoms with Gasteiger partial charge in [0.05, 0.1) is 30.2 Å². The van der Waals surface area contributed by atoms with E-state index in [1.165, 1.54) is 16.3 Å². The van der Waals surface area contributed by atoms with Gasteiger partial charge in [0.2, 0.25) is 11.8 Å². The second-order valence-electron chi connectivity index (χ2n) is 14.6. The third-order valence-corrected chi connectivity index (χ3v) is 10.6. The maximum atomic E-state index is 12.6. The van der Waals surface area contributed by atoms with Gasteiger partial charge in [-0.1, -0.05) is 110 Å². The number of aliphatic hydroxyl groups is 1.